The van der Waals surface area contributed by atoms with E-state index in [0.29, 0.717) is 18.7 Å². The first-order valence-electron chi connectivity index (χ1n) is 6.47. The molecule has 0 aromatic heterocycles. The zero-order chi connectivity index (χ0) is 15.1. The third-order valence-corrected chi connectivity index (χ3v) is 3.79. The van der Waals surface area contributed by atoms with Crippen molar-refractivity contribution in [1.82, 2.24) is 9.80 Å². The van der Waals surface area contributed by atoms with E-state index in [2.05, 4.69) is 6.07 Å². The van der Waals surface area contributed by atoms with Crippen LogP contribution < -0.4 is 5.73 Å². The van der Waals surface area contributed by atoms with Gasteiger partial charge in [-0.1, -0.05) is 12.1 Å². The molecule has 0 saturated carbocycles. The number of nitriles is 1. The molecule has 2 N–H and O–H groups in total. The highest BCUT2D eigenvalue weighted by atomic mass is 16.6. The molecule has 0 aliphatic carbocycles. The molecule has 5 atom stereocenters. The van der Waals surface area contributed by atoms with Crippen molar-refractivity contribution in [3.05, 3.63) is 39.9 Å². The third-order valence-electron chi connectivity index (χ3n) is 3.79. The average Bonchev–Trinajstić information content (AvgIpc) is 3.34. The number of primary amides is 1. The first-order valence-corrected chi connectivity index (χ1v) is 6.47. The molecule has 8 heteroatoms. The molecule has 108 valence electrons. The first kappa shape index (κ1) is 13.5. The van der Waals surface area contributed by atoms with Crippen molar-refractivity contribution >= 4 is 11.6 Å². The lowest BCUT2D eigenvalue weighted by Crippen LogP contribution is -2.27. The summed E-state index contributed by atoms with van der Waals surface area (Å²) in [4.78, 5) is 25.4. The number of benzene rings is 1. The largest absolute Gasteiger partial charge is 0.368 e. The monoisotopic (exact) mass is 287 g/mol. The second kappa shape index (κ2) is 4.80. The van der Waals surface area contributed by atoms with Crippen LogP contribution in [0.5, 0.6) is 0 Å². The quantitative estimate of drug-likeness (QED) is 0.462. The van der Waals surface area contributed by atoms with Crippen LogP contribution in [0.1, 0.15) is 11.7 Å². The van der Waals surface area contributed by atoms with Gasteiger partial charge in [-0.3, -0.25) is 24.7 Å². The Hall–Kier alpha value is -2.50. The van der Waals surface area contributed by atoms with Crippen LogP contribution in [-0.4, -0.2) is 45.8 Å². The van der Waals surface area contributed by atoms with Crippen molar-refractivity contribution in [3.8, 4) is 6.07 Å². The topological polar surface area (TPSA) is 116 Å². The molecule has 2 aliphatic rings. The van der Waals surface area contributed by atoms with Crippen LogP contribution in [0.25, 0.3) is 0 Å². The van der Waals surface area contributed by atoms with Gasteiger partial charge in [0.2, 0.25) is 5.91 Å². The van der Waals surface area contributed by atoms with Crippen molar-refractivity contribution in [1.29, 1.82) is 5.26 Å². The van der Waals surface area contributed by atoms with E-state index in [4.69, 9.17) is 11.0 Å². The number of nitrogens with two attached hydrogens (primary N) is 1. The van der Waals surface area contributed by atoms with Gasteiger partial charge in [0, 0.05) is 25.2 Å². The minimum Gasteiger partial charge on any atom is -0.368 e. The smallest absolute Gasteiger partial charge is 0.269 e. The molecule has 2 aliphatic heterocycles. The molecule has 1 aromatic rings. The number of carbonyl (C=O) groups is 1. The number of hydrogen-bond donors (Lipinski definition) is 1. The summed E-state index contributed by atoms with van der Waals surface area (Å²) in [5, 5.41) is 19.9. The maximum Gasteiger partial charge on any atom is 0.269 e. The maximum absolute atomic E-state index is 11.3. The van der Waals surface area contributed by atoms with E-state index in [1.165, 1.54) is 12.1 Å². The second-order valence-corrected chi connectivity index (χ2v) is 5.18. The van der Waals surface area contributed by atoms with Crippen LogP contribution in [0.3, 0.4) is 0 Å². The van der Waals surface area contributed by atoms with Crippen LogP contribution in [-0.2, 0) is 4.79 Å². The fraction of sp³-hybridized carbons (Fsp3) is 0.385. The number of amides is 1. The second-order valence-electron chi connectivity index (χ2n) is 5.18. The SMILES string of the molecule is N#CC1CN1C(c1cccc([N+](=O)[O-])c1)N1CC1C(N)=O. The number of nitro groups is 1. The van der Waals surface area contributed by atoms with Crippen molar-refractivity contribution in [3.63, 3.8) is 0 Å². The van der Waals surface area contributed by atoms with Crippen molar-refractivity contribution < 1.29 is 9.72 Å². The van der Waals surface area contributed by atoms with Gasteiger partial charge in [-0.25, -0.2) is 0 Å². The van der Waals surface area contributed by atoms with Gasteiger partial charge in [0.1, 0.15) is 12.1 Å². The summed E-state index contributed by atoms with van der Waals surface area (Å²) >= 11 is 0. The number of nitro benzene ring substituents is 1. The third kappa shape index (κ3) is 2.44. The van der Waals surface area contributed by atoms with E-state index in [1.54, 1.807) is 12.1 Å². The van der Waals surface area contributed by atoms with Gasteiger partial charge >= 0.3 is 0 Å². The van der Waals surface area contributed by atoms with Gasteiger partial charge in [-0.05, 0) is 5.56 Å². The van der Waals surface area contributed by atoms with Gasteiger partial charge in [0.25, 0.3) is 5.69 Å². The predicted molar refractivity (Wildman–Crippen MR) is 71.6 cm³/mol. The van der Waals surface area contributed by atoms with Crippen LogP contribution in [0.15, 0.2) is 24.3 Å². The lowest BCUT2D eigenvalue weighted by molar-refractivity contribution is -0.385. The Balaban J connectivity index is 1.90. The van der Waals surface area contributed by atoms with E-state index in [-0.39, 0.29) is 23.9 Å². The summed E-state index contributed by atoms with van der Waals surface area (Å²) in [6.45, 7) is 1.10. The van der Waals surface area contributed by atoms with Crippen molar-refractivity contribution in [2.45, 2.75) is 18.2 Å². The minimum atomic E-state index is -0.460. The number of non-ortho nitro benzene ring substituents is 1. The molecule has 2 saturated heterocycles. The molecule has 0 bridgehead atoms. The molecule has 0 radical (unpaired) electrons. The number of hydrogen-bond acceptors (Lipinski definition) is 6. The standard InChI is InChI=1S/C13H13N5O3/c14-5-10-6-16(10)13(17-7-11(17)12(15)19)8-2-1-3-9(4-8)18(20)21/h1-4,10-11,13H,6-7H2,(H2,15,19). The van der Waals surface area contributed by atoms with Gasteiger partial charge in [0.05, 0.1) is 17.2 Å². The van der Waals surface area contributed by atoms with Gasteiger partial charge in [0.15, 0.2) is 0 Å². The first-order chi connectivity index (χ1) is 10.0. The van der Waals surface area contributed by atoms with Crippen molar-refractivity contribution in [2.24, 2.45) is 5.73 Å². The predicted octanol–water partition coefficient (Wildman–Crippen LogP) is -0.0293. The van der Waals surface area contributed by atoms with Crippen LogP contribution in [0.2, 0.25) is 0 Å². The molecule has 2 fully saturated rings. The molecule has 21 heavy (non-hydrogen) atoms. The zero-order valence-corrected chi connectivity index (χ0v) is 11.0. The molecular formula is C13H13N5O3. The highest BCUT2D eigenvalue weighted by Gasteiger charge is 2.52. The Labute approximate surface area is 120 Å². The Kier molecular flexibility index (Phi) is 3.08. The van der Waals surface area contributed by atoms with E-state index < -0.39 is 10.8 Å². The van der Waals surface area contributed by atoms with E-state index >= 15 is 0 Å². The van der Waals surface area contributed by atoms with Crippen molar-refractivity contribution in [2.75, 3.05) is 13.1 Å². The summed E-state index contributed by atoms with van der Waals surface area (Å²) in [5.41, 5.74) is 5.99. The lowest BCUT2D eigenvalue weighted by atomic mass is 10.1. The van der Waals surface area contributed by atoms with Gasteiger partial charge in [-0.15, -0.1) is 0 Å². The Bertz CT molecular complexity index is 655. The summed E-state index contributed by atoms with van der Waals surface area (Å²) in [6, 6.07) is 7.83. The number of rotatable bonds is 5. The van der Waals surface area contributed by atoms with Crippen LogP contribution in [0, 0.1) is 21.4 Å². The molecular weight excluding hydrogens is 274 g/mol. The molecule has 3 rings (SSSR count). The average molecular weight is 287 g/mol. The molecule has 0 spiro atoms. The van der Waals surface area contributed by atoms with Gasteiger partial charge in [-0.2, -0.15) is 5.26 Å². The highest BCUT2D eigenvalue weighted by Crippen LogP contribution is 2.41. The highest BCUT2D eigenvalue weighted by molar-refractivity contribution is 5.83. The Morgan fingerprint density at radius 2 is 2.24 bits per heavy atom. The lowest BCUT2D eigenvalue weighted by Gasteiger charge is -2.20. The molecule has 8 nitrogen and oxygen atoms in total. The zero-order valence-electron chi connectivity index (χ0n) is 11.0. The minimum absolute atomic E-state index is 0.00895. The molecule has 1 amide bonds. The van der Waals surface area contributed by atoms with Crippen LogP contribution >= 0.6 is 0 Å². The summed E-state index contributed by atoms with van der Waals surface area (Å²) in [7, 11) is 0. The Morgan fingerprint density at radius 3 is 2.76 bits per heavy atom. The Morgan fingerprint density at radius 1 is 1.48 bits per heavy atom. The fourth-order valence-corrected chi connectivity index (χ4v) is 2.59. The van der Waals surface area contributed by atoms with E-state index in [1.807, 2.05) is 9.80 Å². The molecule has 5 unspecified atom stereocenters. The fourth-order valence-electron chi connectivity index (χ4n) is 2.59. The summed E-state index contributed by atoms with van der Waals surface area (Å²) in [6.07, 6.45) is -0.313. The van der Waals surface area contributed by atoms with Gasteiger partial charge < -0.3 is 5.73 Å². The summed E-state index contributed by atoms with van der Waals surface area (Å²) in [5.74, 6) is -0.416. The molecule has 1 aromatic carbocycles. The normalized spacial score (nSPS) is 31.0. The summed E-state index contributed by atoms with van der Waals surface area (Å²) < 4.78 is 0. The van der Waals surface area contributed by atoms with E-state index in [0.717, 1.165) is 0 Å². The van der Waals surface area contributed by atoms with Crippen LogP contribution in [0.4, 0.5) is 5.69 Å². The molecule has 2 heterocycles. The van der Waals surface area contributed by atoms with E-state index in [9.17, 15) is 14.9 Å². The number of carbonyl (C=O) groups excluding carboxylic acids is 1. The number of nitrogens with zero attached hydrogens (tertiary/aromatic N) is 4. The maximum atomic E-state index is 11.3.